The lowest BCUT2D eigenvalue weighted by atomic mass is 10.2. The predicted octanol–water partition coefficient (Wildman–Crippen LogP) is 2.21. The number of hydrogen-bond donors (Lipinski definition) is 1. The van der Waals surface area contributed by atoms with Crippen molar-refractivity contribution in [3.8, 4) is 0 Å². The summed E-state index contributed by atoms with van der Waals surface area (Å²) in [5.74, 6) is 0. The van der Waals surface area contributed by atoms with Crippen LogP contribution in [0.25, 0.3) is 0 Å². The van der Waals surface area contributed by atoms with Crippen molar-refractivity contribution < 1.29 is 9.47 Å². The van der Waals surface area contributed by atoms with Crippen LogP contribution in [0, 0.1) is 0 Å². The predicted molar refractivity (Wildman–Crippen MR) is 64.3 cm³/mol. The normalized spacial score (nSPS) is 13.0. The molecule has 0 aromatic heterocycles. The first-order chi connectivity index (χ1) is 7.35. The molecule has 0 aromatic rings. The minimum absolute atomic E-state index is 0.205. The van der Waals surface area contributed by atoms with E-state index < -0.39 is 0 Å². The summed E-state index contributed by atoms with van der Waals surface area (Å²) in [5.41, 5.74) is 0. The minimum Gasteiger partial charge on any atom is -0.382 e. The van der Waals surface area contributed by atoms with E-state index in [9.17, 15) is 0 Å². The Hall–Kier alpha value is -0.120. The SMILES string of the molecule is CCCCCCOC(CNCC)COC. The smallest absolute Gasteiger partial charge is 0.0932 e. The molecular weight excluding hydrogens is 190 g/mol. The summed E-state index contributed by atoms with van der Waals surface area (Å²) in [5, 5.41) is 3.28. The molecule has 0 spiro atoms. The summed E-state index contributed by atoms with van der Waals surface area (Å²) in [6, 6.07) is 0. The zero-order valence-electron chi connectivity index (χ0n) is 10.6. The number of likely N-dealkylation sites (N-methyl/N-ethyl adjacent to an activating group) is 1. The van der Waals surface area contributed by atoms with E-state index in [2.05, 4.69) is 19.2 Å². The minimum atomic E-state index is 0.205. The zero-order chi connectivity index (χ0) is 11.4. The van der Waals surface area contributed by atoms with Gasteiger partial charge in [-0.25, -0.2) is 0 Å². The third-order valence-electron chi connectivity index (χ3n) is 2.33. The average Bonchev–Trinajstić information content (AvgIpc) is 2.25. The van der Waals surface area contributed by atoms with Crippen LogP contribution in [-0.2, 0) is 9.47 Å². The fourth-order valence-corrected chi connectivity index (χ4v) is 1.44. The second-order valence-electron chi connectivity index (χ2n) is 3.82. The van der Waals surface area contributed by atoms with Crippen LogP contribution in [-0.4, -0.2) is 39.5 Å². The molecule has 0 bridgehead atoms. The van der Waals surface area contributed by atoms with Crippen molar-refractivity contribution in [2.24, 2.45) is 0 Å². The molecule has 3 heteroatoms. The molecule has 0 rings (SSSR count). The fourth-order valence-electron chi connectivity index (χ4n) is 1.44. The number of rotatable bonds is 11. The van der Waals surface area contributed by atoms with E-state index in [-0.39, 0.29) is 6.10 Å². The molecular formula is C12H27NO2. The Morgan fingerprint density at radius 3 is 2.53 bits per heavy atom. The maximum atomic E-state index is 5.74. The molecule has 3 nitrogen and oxygen atoms in total. The van der Waals surface area contributed by atoms with Gasteiger partial charge in [0, 0.05) is 20.3 Å². The molecule has 0 fully saturated rings. The van der Waals surface area contributed by atoms with E-state index in [0.29, 0.717) is 6.61 Å². The fraction of sp³-hybridized carbons (Fsp3) is 1.00. The number of nitrogens with one attached hydrogen (secondary N) is 1. The highest BCUT2D eigenvalue weighted by Gasteiger charge is 2.07. The maximum absolute atomic E-state index is 5.74. The summed E-state index contributed by atoms with van der Waals surface area (Å²) >= 11 is 0. The summed E-state index contributed by atoms with van der Waals surface area (Å²) in [7, 11) is 1.72. The van der Waals surface area contributed by atoms with E-state index in [1.807, 2.05) is 0 Å². The summed E-state index contributed by atoms with van der Waals surface area (Å²) in [6.45, 7) is 7.74. The molecule has 0 radical (unpaired) electrons. The topological polar surface area (TPSA) is 30.5 Å². The largest absolute Gasteiger partial charge is 0.382 e. The van der Waals surface area contributed by atoms with Gasteiger partial charge in [0.25, 0.3) is 0 Å². The van der Waals surface area contributed by atoms with Crippen molar-refractivity contribution in [2.75, 3.05) is 33.4 Å². The number of methoxy groups -OCH3 is 1. The molecule has 0 aromatic carbocycles. The van der Waals surface area contributed by atoms with Crippen LogP contribution in [0.5, 0.6) is 0 Å². The van der Waals surface area contributed by atoms with Crippen LogP contribution >= 0.6 is 0 Å². The van der Waals surface area contributed by atoms with Gasteiger partial charge in [0.15, 0.2) is 0 Å². The van der Waals surface area contributed by atoms with Crippen LogP contribution in [0.3, 0.4) is 0 Å². The Bertz CT molecular complexity index is 120. The van der Waals surface area contributed by atoms with Crippen LogP contribution < -0.4 is 5.32 Å². The van der Waals surface area contributed by atoms with Crippen molar-refractivity contribution in [3.05, 3.63) is 0 Å². The maximum Gasteiger partial charge on any atom is 0.0932 e. The molecule has 0 aliphatic heterocycles. The Labute approximate surface area is 94.5 Å². The van der Waals surface area contributed by atoms with Crippen molar-refractivity contribution in [2.45, 2.75) is 45.6 Å². The van der Waals surface area contributed by atoms with Gasteiger partial charge in [0.2, 0.25) is 0 Å². The molecule has 92 valence electrons. The molecule has 1 atom stereocenters. The second kappa shape index (κ2) is 12.0. The Kier molecular flexibility index (Phi) is 11.9. The van der Waals surface area contributed by atoms with Crippen LogP contribution in [0.15, 0.2) is 0 Å². The van der Waals surface area contributed by atoms with Gasteiger partial charge in [0.05, 0.1) is 12.7 Å². The Morgan fingerprint density at radius 1 is 1.13 bits per heavy atom. The van der Waals surface area contributed by atoms with Crippen molar-refractivity contribution in [1.82, 2.24) is 5.32 Å². The lowest BCUT2D eigenvalue weighted by molar-refractivity contribution is -0.00214. The van der Waals surface area contributed by atoms with Crippen LogP contribution in [0.2, 0.25) is 0 Å². The Morgan fingerprint density at radius 2 is 1.93 bits per heavy atom. The van der Waals surface area contributed by atoms with Gasteiger partial charge in [-0.1, -0.05) is 33.1 Å². The standard InChI is InChI=1S/C12H27NO2/c1-4-6-7-8-9-15-12(11-14-3)10-13-5-2/h12-13H,4-11H2,1-3H3. The van der Waals surface area contributed by atoms with Gasteiger partial charge in [0.1, 0.15) is 0 Å². The zero-order valence-corrected chi connectivity index (χ0v) is 10.6. The van der Waals surface area contributed by atoms with Gasteiger partial charge in [-0.05, 0) is 13.0 Å². The summed E-state index contributed by atoms with van der Waals surface area (Å²) in [4.78, 5) is 0. The molecule has 1 N–H and O–H groups in total. The van der Waals surface area contributed by atoms with Crippen molar-refractivity contribution in [3.63, 3.8) is 0 Å². The Balaban J connectivity index is 3.38. The number of unbranched alkanes of at least 4 members (excludes halogenated alkanes) is 3. The second-order valence-corrected chi connectivity index (χ2v) is 3.82. The molecule has 0 heterocycles. The summed E-state index contributed by atoms with van der Waals surface area (Å²) in [6.07, 6.45) is 5.23. The molecule has 1 unspecified atom stereocenters. The first kappa shape index (κ1) is 14.9. The van der Waals surface area contributed by atoms with Crippen molar-refractivity contribution in [1.29, 1.82) is 0 Å². The van der Waals surface area contributed by atoms with Crippen molar-refractivity contribution >= 4 is 0 Å². The van der Waals surface area contributed by atoms with Gasteiger partial charge in [-0.2, -0.15) is 0 Å². The monoisotopic (exact) mass is 217 g/mol. The van der Waals surface area contributed by atoms with Gasteiger partial charge in [-0.15, -0.1) is 0 Å². The molecule has 15 heavy (non-hydrogen) atoms. The lowest BCUT2D eigenvalue weighted by Gasteiger charge is -2.17. The van der Waals surface area contributed by atoms with Crippen LogP contribution in [0.1, 0.15) is 39.5 Å². The summed E-state index contributed by atoms with van der Waals surface area (Å²) < 4.78 is 10.9. The highest BCUT2D eigenvalue weighted by atomic mass is 16.5. The van der Waals surface area contributed by atoms with E-state index in [1.54, 1.807) is 7.11 Å². The highest BCUT2D eigenvalue weighted by molar-refractivity contribution is 4.60. The third-order valence-corrected chi connectivity index (χ3v) is 2.33. The first-order valence-corrected chi connectivity index (χ1v) is 6.16. The number of hydrogen-bond acceptors (Lipinski definition) is 3. The first-order valence-electron chi connectivity index (χ1n) is 6.16. The lowest BCUT2D eigenvalue weighted by Crippen LogP contribution is -2.32. The van der Waals surface area contributed by atoms with E-state index in [1.165, 1.54) is 25.7 Å². The third kappa shape index (κ3) is 10.2. The van der Waals surface area contributed by atoms with Gasteiger partial charge >= 0.3 is 0 Å². The average molecular weight is 217 g/mol. The molecule has 0 aliphatic rings. The highest BCUT2D eigenvalue weighted by Crippen LogP contribution is 2.01. The molecule has 0 saturated carbocycles. The van der Waals surface area contributed by atoms with Crippen LogP contribution in [0.4, 0.5) is 0 Å². The van der Waals surface area contributed by atoms with Gasteiger partial charge in [-0.3, -0.25) is 0 Å². The molecule has 0 aliphatic carbocycles. The number of ether oxygens (including phenoxy) is 2. The molecule has 0 saturated heterocycles. The molecule has 0 amide bonds. The van der Waals surface area contributed by atoms with E-state index >= 15 is 0 Å². The van der Waals surface area contributed by atoms with E-state index in [4.69, 9.17) is 9.47 Å². The van der Waals surface area contributed by atoms with E-state index in [0.717, 1.165) is 19.7 Å². The van der Waals surface area contributed by atoms with Gasteiger partial charge < -0.3 is 14.8 Å². The quantitative estimate of drug-likeness (QED) is 0.538.